The Morgan fingerprint density at radius 2 is 0.860 bits per heavy atom. The van der Waals surface area contributed by atoms with Crippen molar-refractivity contribution in [3.63, 3.8) is 0 Å². The molecule has 57 heavy (non-hydrogen) atoms. The van der Waals surface area contributed by atoms with Gasteiger partial charge in [0.05, 0.1) is 16.7 Å². The molecule has 0 aliphatic heterocycles. The Hall–Kier alpha value is -7.20. The number of hydrogen-bond acceptors (Lipinski definition) is 2. The summed E-state index contributed by atoms with van der Waals surface area (Å²) >= 11 is 1.86. The largest absolute Gasteiger partial charge is 0.310 e. The molecule has 0 saturated carbocycles. The third kappa shape index (κ3) is 5.71. The lowest BCUT2D eigenvalue weighted by molar-refractivity contribution is 1.18. The summed E-state index contributed by atoms with van der Waals surface area (Å²) < 4.78 is 5.05. The first-order chi connectivity index (χ1) is 28.3. The molecule has 0 aliphatic carbocycles. The number of rotatable bonds is 7. The molecular formula is C54H36N2S. The lowest BCUT2D eigenvalue weighted by Gasteiger charge is -2.26. The van der Waals surface area contributed by atoms with Gasteiger partial charge in [0.15, 0.2) is 0 Å². The molecule has 0 bridgehead atoms. The van der Waals surface area contributed by atoms with Gasteiger partial charge in [0.1, 0.15) is 0 Å². The molecule has 0 atom stereocenters. The van der Waals surface area contributed by atoms with E-state index in [4.69, 9.17) is 0 Å². The van der Waals surface area contributed by atoms with Crippen molar-refractivity contribution in [2.75, 3.05) is 4.90 Å². The zero-order chi connectivity index (χ0) is 37.7. The number of benzene rings is 9. The minimum atomic E-state index is 1.09. The Kier molecular flexibility index (Phi) is 8.04. The molecule has 2 aromatic heterocycles. The van der Waals surface area contributed by atoms with Gasteiger partial charge in [-0.15, -0.1) is 11.3 Å². The average Bonchev–Trinajstić information content (AvgIpc) is 3.84. The van der Waals surface area contributed by atoms with Crippen molar-refractivity contribution in [3.8, 4) is 39.1 Å². The SMILES string of the molecule is c1ccc(-c2cccc(N(c3ccc(-c4ccccc4-n4c5ccccc5c5ccccc54)cc3)c3ccc(-c4cccc5sc6ccccc6c45)cc3)c2)cc1. The van der Waals surface area contributed by atoms with Gasteiger partial charge in [0.2, 0.25) is 0 Å². The van der Waals surface area contributed by atoms with Gasteiger partial charge in [0.25, 0.3) is 0 Å². The van der Waals surface area contributed by atoms with E-state index in [0.29, 0.717) is 0 Å². The van der Waals surface area contributed by atoms with Crippen LogP contribution in [-0.2, 0) is 0 Å². The standard InChI is InChI=1S/C54H36N2S/c1-2-14-37(15-3-1)40-16-12-17-43(36-40)55(42-34-30-39(31-35-42)45-22-13-27-53-54(45)48-21-7-11-26-52(48)57-53)41-32-28-38(29-33-41)44-18-4-8-23-49(44)56-50-24-9-5-19-46(50)47-20-6-10-25-51(47)56/h1-36H. The van der Waals surface area contributed by atoms with Crippen LogP contribution in [0.3, 0.4) is 0 Å². The van der Waals surface area contributed by atoms with Crippen molar-refractivity contribution in [1.29, 1.82) is 0 Å². The second-order valence-corrected chi connectivity index (χ2v) is 15.6. The van der Waals surface area contributed by atoms with Gasteiger partial charge in [-0.3, -0.25) is 0 Å². The average molecular weight is 745 g/mol. The number of aromatic nitrogens is 1. The molecule has 0 unspecified atom stereocenters. The van der Waals surface area contributed by atoms with Crippen molar-refractivity contribution < 1.29 is 0 Å². The van der Waals surface area contributed by atoms with Gasteiger partial charge in [-0.05, 0) is 94.5 Å². The lowest BCUT2D eigenvalue weighted by Crippen LogP contribution is -2.10. The highest BCUT2D eigenvalue weighted by Crippen LogP contribution is 2.43. The van der Waals surface area contributed by atoms with E-state index in [1.165, 1.54) is 81.0 Å². The van der Waals surface area contributed by atoms with Gasteiger partial charge in [0, 0.05) is 53.6 Å². The predicted molar refractivity (Wildman–Crippen MR) is 245 cm³/mol. The number of thiophene rings is 1. The fourth-order valence-corrected chi connectivity index (χ4v) is 9.72. The second-order valence-electron chi connectivity index (χ2n) is 14.5. The first-order valence-corrected chi connectivity index (χ1v) is 20.2. The maximum atomic E-state index is 2.41. The Morgan fingerprint density at radius 1 is 0.333 bits per heavy atom. The van der Waals surface area contributed by atoms with Gasteiger partial charge in [-0.25, -0.2) is 0 Å². The van der Waals surface area contributed by atoms with Crippen molar-refractivity contribution in [2.24, 2.45) is 0 Å². The summed E-state index contributed by atoms with van der Waals surface area (Å²) in [5.74, 6) is 0. The highest BCUT2D eigenvalue weighted by atomic mass is 32.1. The molecule has 0 saturated heterocycles. The summed E-state index contributed by atoms with van der Waals surface area (Å²) in [6.45, 7) is 0. The normalized spacial score (nSPS) is 11.5. The van der Waals surface area contributed by atoms with Crippen molar-refractivity contribution in [1.82, 2.24) is 4.57 Å². The maximum Gasteiger partial charge on any atom is 0.0541 e. The van der Waals surface area contributed by atoms with Crippen LogP contribution >= 0.6 is 11.3 Å². The van der Waals surface area contributed by atoms with Crippen LogP contribution in [0.25, 0.3) is 81.0 Å². The van der Waals surface area contributed by atoms with Crippen LogP contribution in [0.15, 0.2) is 218 Å². The minimum absolute atomic E-state index is 1.09. The Balaban J connectivity index is 1.02. The fourth-order valence-electron chi connectivity index (χ4n) is 8.59. The first kappa shape index (κ1) is 33.2. The number of nitrogens with zero attached hydrogens (tertiary/aromatic N) is 2. The molecule has 2 nitrogen and oxygen atoms in total. The number of fused-ring (bicyclic) bond motifs is 6. The minimum Gasteiger partial charge on any atom is -0.310 e. The second kappa shape index (κ2) is 13.8. The maximum absolute atomic E-state index is 2.41. The quantitative estimate of drug-likeness (QED) is 0.158. The van der Waals surface area contributed by atoms with Crippen LogP contribution in [-0.4, -0.2) is 4.57 Å². The van der Waals surface area contributed by atoms with Gasteiger partial charge in [-0.1, -0.05) is 152 Å². The predicted octanol–water partition coefficient (Wildman–Crippen LogP) is 15.6. The number of hydrogen-bond donors (Lipinski definition) is 0. The van der Waals surface area contributed by atoms with E-state index in [2.05, 4.69) is 228 Å². The van der Waals surface area contributed by atoms with Crippen molar-refractivity contribution in [2.45, 2.75) is 0 Å². The smallest absolute Gasteiger partial charge is 0.0541 e. The summed E-state index contributed by atoms with van der Waals surface area (Å²) in [4.78, 5) is 2.37. The van der Waals surface area contributed by atoms with Crippen LogP contribution in [0.2, 0.25) is 0 Å². The summed E-state index contributed by atoms with van der Waals surface area (Å²) in [5, 5.41) is 5.17. The monoisotopic (exact) mass is 744 g/mol. The zero-order valence-electron chi connectivity index (χ0n) is 31.1. The summed E-state index contributed by atoms with van der Waals surface area (Å²) in [5.41, 5.74) is 14.1. The molecule has 2 heterocycles. The third-order valence-corrected chi connectivity index (χ3v) is 12.3. The van der Waals surface area contributed by atoms with Crippen molar-refractivity contribution in [3.05, 3.63) is 218 Å². The Bertz CT molecular complexity index is 3170. The highest BCUT2D eigenvalue weighted by molar-refractivity contribution is 7.25. The molecular weight excluding hydrogens is 709 g/mol. The Morgan fingerprint density at radius 3 is 1.58 bits per heavy atom. The molecule has 11 rings (SSSR count). The highest BCUT2D eigenvalue weighted by Gasteiger charge is 2.18. The zero-order valence-corrected chi connectivity index (χ0v) is 31.9. The molecule has 0 N–H and O–H groups in total. The van der Waals surface area contributed by atoms with Gasteiger partial charge >= 0.3 is 0 Å². The third-order valence-electron chi connectivity index (χ3n) is 11.2. The molecule has 0 radical (unpaired) electrons. The molecule has 0 amide bonds. The van der Waals surface area contributed by atoms with Crippen molar-refractivity contribution >= 4 is 70.4 Å². The van der Waals surface area contributed by atoms with E-state index in [-0.39, 0.29) is 0 Å². The summed E-state index contributed by atoms with van der Waals surface area (Å²) in [7, 11) is 0. The van der Waals surface area contributed by atoms with E-state index < -0.39 is 0 Å². The number of anilines is 3. The van der Waals surface area contributed by atoms with E-state index in [9.17, 15) is 0 Å². The Labute approximate surface area is 335 Å². The van der Waals surface area contributed by atoms with Crippen LogP contribution in [0.1, 0.15) is 0 Å². The number of para-hydroxylation sites is 3. The molecule has 268 valence electrons. The molecule has 11 aromatic rings. The molecule has 0 aliphatic rings. The van der Waals surface area contributed by atoms with Gasteiger partial charge < -0.3 is 9.47 Å². The van der Waals surface area contributed by atoms with Crippen LogP contribution in [0.4, 0.5) is 17.1 Å². The van der Waals surface area contributed by atoms with Crippen LogP contribution < -0.4 is 4.90 Å². The molecule has 0 fully saturated rings. The van der Waals surface area contributed by atoms with E-state index in [0.717, 1.165) is 17.1 Å². The van der Waals surface area contributed by atoms with E-state index >= 15 is 0 Å². The van der Waals surface area contributed by atoms with Crippen LogP contribution in [0.5, 0.6) is 0 Å². The molecule has 9 aromatic carbocycles. The topological polar surface area (TPSA) is 8.17 Å². The molecule has 3 heteroatoms. The summed E-state index contributed by atoms with van der Waals surface area (Å²) in [6.07, 6.45) is 0. The molecule has 0 spiro atoms. The van der Waals surface area contributed by atoms with E-state index in [1.54, 1.807) is 0 Å². The fraction of sp³-hybridized carbons (Fsp3) is 0. The first-order valence-electron chi connectivity index (χ1n) is 19.4. The van der Waals surface area contributed by atoms with Gasteiger partial charge in [-0.2, -0.15) is 0 Å². The van der Waals surface area contributed by atoms with Crippen LogP contribution in [0, 0.1) is 0 Å². The lowest BCUT2D eigenvalue weighted by atomic mass is 9.98. The van der Waals surface area contributed by atoms with E-state index in [1.807, 2.05) is 11.3 Å². The summed E-state index contributed by atoms with van der Waals surface area (Å²) in [6, 6.07) is 79.3.